The van der Waals surface area contributed by atoms with Crippen molar-refractivity contribution >= 4 is 8.80 Å². The molecule has 0 saturated heterocycles. The number of halogens is 4. The quantitative estimate of drug-likeness (QED) is 0.298. The lowest BCUT2D eigenvalue weighted by Gasteiger charge is -2.16. The average molecular weight is 397 g/mol. The van der Waals surface area contributed by atoms with Gasteiger partial charge in [0.2, 0.25) is 0 Å². The van der Waals surface area contributed by atoms with Crippen molar-refractivity contribution in [2.45, 2.75) is 51.2 Å². The summed E-state index contributed by atoms with van der Waals surface area (Å²) >= 11 is 0. The normalized spacial score (nSPS) is 14.4. The van der Waals surface area contributed by atoms with Crippen LogP contribution in [0.25, 0.3) is 11.1 Å². The van der Waals surface area contributed by atoms with E-state index >= 15 is 0 Å². The molecule has 0 aliphatic heterocycles. The first-order chi connectivity index (χ1) is 12.7. The zero-order valence-electron chi connectivity index (χ0n) is 15.8. The molecule has 27 heavy (non-hydrogen) atoms. The molecule has 0 fully saturated rings. The van der Waals surface area contributed by atoms with Gasteiger partial charge in [-0.25, -0.2) is 8.78 Å². The summed E-state index contributed by atoms with van der Waals surface area (Å²) in [5, 5.41) is 0. The van der Waals surface area contributed by atoms with Crippen molar-refractivity contribution in [2.75, 3.05) is 6.61 Å². The van der Waals surface area contributed by atoms with E-state index in [0.29, 0.717) is 0 Å². The first-order valence-electron chi connectivity index (χ1n) is 9.38. The van der Waals surface area contributed by atoms with Crippen LogP contribution in [0.15, 0.2) is 24.3 Å². The molecule has 1 aliphatic rings. The number of aryl methyl sites for hydroxylation is 1. The second-order valence-corrected chi connectivity index (χ2v) is 11.0. The first-order valence-corrected chi connectivity index (χ1v) is 12.5. The molecule has 1 aliphatic carbocycles. The third kappa shape index (κ3) is 3.64. The molecule has 0 heterocycles. The van der Waals surface area contributed by atoms with Crippen LogP contribution in [-0.2, 0) is 5.92 Å². The molecule has 0 amide bonds. The molecular formula is C21H24F4OSi. The summed E-state index contributed by atoms with van der Waals surface area (Å²) in [5.41, 5.74) is -1.35. The zero-order valence-corrected chi connectivity index (χ0v) is 17.0. The molecule has 6 heteroatoms. The van der Waals surface area contributed by atoms with Crippen LogP contribution < -0.4 is 4.74 Å². The largest absolute Gasteiger partial charge is 0.491 e. The molecule has 0 aromatic heterocycles. The molecule has 0 N–H and O–H groups in total. The lowest BCUT2D eigenvalue weighted by molar-refractivity contribution is 0.0397. The van der Waals surface area contributed by atoms with E-state index in [9.17, 15) is 17.6 Å². The van der Waals surface area contributed by atoms with Crippen molar-refractivity contribution in [2.24, 2.45) is 0 Å². The molecule has 2 aromatic rings. The Morgan fingerprint density at radius 3 is 2.19 bits per heavy atom. The number of unbranched alkanes of at least 4 members (excludes halogenated alkanes) is 2. The SMILES string of the molecule is Cc1ccc2c(c1F)C(F)(F)c1c-2ccc(OCCCCC[SiH](C)C)c1F. The Morgan fingerprint density at radius 2 is 1.52 bits per heavy atom. The Bertz CT molecular complexity index is 849. The lowest BCUT2D eigenvalue weighted by Crippen LogP contribution is -2.16. The smallest absolute Gasteiger partial charge is 0.305 e. The Balaban J connectivity index is 1.80. The summed E-state index contributed by atoms with van der Waals surface area (Å²) in [4.78, 5) is 0. The zero-order chi connectivity index (χ0) is 19.8. The number of fused-ring (bicyclic) bond motifs is 3. The van der Waals surface area contributed by atoms with Crippen molar-refractivity contribution in [1.82, 2.24) is 0 Å². The van der Waals surface area contributed by atoms with Gasteiger partial charge in [0.05, 0.1) is 17.7 Å². The minimum atomic E-state index is -3.72. The van der Waals surface area contributed by atoms with Gasteiger partial charge in [0, 0.05) is 8.80 Å². The van der Waals surface area contributed by atoms with Gasteiger partial charge in [-0.1, -0.05) is 44.1 Å². The van der Waals surface area contributed by atoms with Crippen molar-refractivity contribution in [3.05, 3.63) is 52.6 Å². The van der Waals surface area contributed by atoms with Gasteiger partial charge in [-0.05, 0) is 42.2 Å². The Morgan fingerprint density at radius 1 is 0.889 bits per heavy atom. The second-order valence-electron chi connectivity index (χ2n) is 7.59. The van der Waals surface area contributed by atoms with Crippen molar-refractivity contribution in [3.8, 4) is 16.9 Å². The van der Waals surface area contributed by atoms with Gasteiger partial charge in [0.15, 0.2) is 11.6 Å². The van der Waals surface area contributed by atoms with Crippen molar-refractivity contribution in [1.29, 1.82) is 0 Å². The summed E-state index contributed by atoms with van der Waals surface area (Å²) in [5.74, 6) is -5.99. The molecule has 0 bridgehead atoms. The van der Waals surface area contributed by atoms with Crippen LogP contribution in [0.2, 0.25) is 19.1 Å². The Labute approximate surface area is 159 Å². The molecule has 0 spiro atoms. The van der Waals surface area contributed by atoms with Gasteiger partial charge < -0.3 is 4.74 Å². The minimum Gasteiger partial charge on any atom is -0.491 e. The van der Waals surface area contributed by atoms with Gasteiger partial charge >= 0.3 is 5.92 Å². The van der Waals surface area contributed by atoms with Crippen molar-refractivity contribution < 1.29 is 22.3 Å². The fourth-order valence-electron chi connectivity index (χ4n) is 3.55. The third-order valence-corrected chi connectivity index (χ3v) is 6.61. The van der Waals surface area contributed by atoms with Crippen LogP contribution in [-0.4, -0.2) is 15.4 Å². The number of alkyl halides is 2. The molecule has 0 atom stereocenters. The third-order valence-electron chi connectivity index (χ3n) is 5.04. The predicted octanol–water partition coefficient (Wildman–Crippen LogP) is 6.43. The average Bonchev–Trinajstić information content (AvgIpc) is 2.83. The Kier molecular flexibility index (Phi) is 5.65. The van der Waals surface area contributed by atoms with E-state index in [1.165, 1.54) is 37.2 Å². The van der Waals surface area contributed by atoms with Gasteiger partial charge in [-0.15, -0.1) is 0 Å². The van der Waals surface area contributed by atoms with Crippen LogP contribution in [0.4, 0.5) is 17.6 Å². The molecule has 0 saturated carbocycles. The monoisotopic (exact) mass is 396 g/mol. The second kappa shape index (κ2) is 7.66. The lowest BCUT2D eigenvalue weighted by atomic mass is 10.0. The van der Waals surface area contributed by atoms with E-state index in [1.54, 1.807) is 0 Å². The fourth-order valence-corrected chi connectivity index (χ4v) is 4.66. The van der Waals surface area contributed by atoms with Gasteiger partial charge in [0.1, 0.15) is 5.82 Å². The number of hydrogen-bond donors (Lipinski definition) is 0. The first kappa shape index (κ1) is 19.9. The predicted molar refractivity (Wildman–Crippen MR) is 103 cm³/mol. The summed E-state index contributed by atoms with van der Waals surface area (Å²) < 4.78 is 64.3. The Hall–Kier alpha value is -1.82. The minimum absolute atomic E-state index is 0.0284. The molecular weight excluding hydrogens is 372 g/mol. The number of benzene rings is 2. The van der Waals surface area contributed by atoms with Crippen LogP contribution in [0.1, 0.15) is 36.0 Å². The van der Waals surface area contributed by atoms with E-state index in [0.717, 1.165) is 19.3 Å². The van der Waals surface area contributed by atoms with Crippen molar-refractivity contribution in [3.63, 3.8) is 0 Å². The molecule has 2 aromatic carbocycles. The van der Waals surface area contributed by atoms with E-state index < -0.39 is 37.5 Å². The molecule has 146 valence electrons. The molecule has 3 rings (SSSR count). The van der Waals surface area contributed by atoms with Crippen LogP contribution in [0, 0.1) is 18.6 Å². The highest BCUT2D eigenvalue weighted by atomic mass is 28.3. The van der Waals surface area contributed by atoms with Gasteiger partial charge in [-0.2, -0.15) is 8.78 Å². The van der Waals surface area contributed by atoms with E-state index in [2.05, 4.69) is 13.1 Å². The number of rotatable bonds is 7. The highest BCUT2D eigenvalue weighted by Gasteiger charge is 2.49. The molecule has 1 nitrogen and oxygen atoms in total. The molecule has 0 radical (unpaired) electrons. The number of hydrogen-bond acceptors (Lipinski definition) is 1. The standard InChI is InChI=1S/C21H24F4OSi/c1-13-7-8-14-15-9-10-16(26-11-5-4-6-12-27(2)3)20(23)18(15)21(24,25)17(14)19(13)22/h7-10,27H,4-6,11-12H2,1-3H3. The fraction of sp³-hybridized carbons (Fsp3) is 0.429. The summed E-state index contributed by atoms with van der Waals surface area (Å²) in [6, 6.07) is 6.86. The summed E-state index contributed by atoms with van der Waals surface area (Å²) in [6.07, 6.45) is 2.85. The van der Waals surface area contributed by atoms with Gasteiger partial charge in [-0.3, -0.25) is 0 Å². The summed E-state index contributed by atoms with van der Waals surface area (Å²) in [7, 11) is -0.567. The maximum Gasteiger partial charge on any atom is 0.305 e. The highest BCUT2D eigenvalue weighted by molar-refractivity contribution is 6.55. The van der Waals surface area contributed by atoms with Crippen LogP contribution >= 0.6 is 0 Å². The van der Waals surface area contributed by atoms with E-state index in [-0.39, 0.29) is 29.0 Å². The summed E-state index contributed by atoms with van der Waals surface area (Å²) in [6.45, 7) is 6.28. The highest BCUT2D eigenvalue weighted by Crippen LogP contribution is 2.54. The van der Waals surface area contributed by atoms with E-state index in [1.807, 2.05) is 0 Å². The maximum absolute atomic E-state index is 14.8. The van der Waals surface area contributed by atoms with Gasteiger partial charge in [0.25, 0.3) is 0 Å². The topological polar surface area (TPSA) is 9.23 Å². The van der Waals surface area contributed by atoms with E-state index in [4.69, 9.17) is 4.74 Å². The van der Waals surface area contributed by atoms with Crippen LogP contribution in [0.5, 0.6) is 5.75 Å². The number of ether oxygens (including phenoxy) is 1. The van der Waals surface area contributed by atoms with Crippen LogP contribution in [0.3, 0.4) is 0 Å². The molecule has 0 unspecified atom stereocenters. The maximum atomic E-state index is 14.8.